The average molecular weight is 258 g/mol. The lowest BCUT2D eigenvalue weighted by Gasteiger charge is -2.25. The van der Waals surface area contributed by atoms with Crippen LogP contribution in [0.5, 0.6) is 0 Å². The standard InChI is InChI=1S/C14H26O4/c1-4-14(16,5-2)8-6-7-12-17-11-13(3,18-12)9-10-15/h10,12,16H,4-9,11H2,1-3H3. The van der Waals surface area contributed by atoms with Crippen LogP contribution in [-0.2, 0) is 14.3 Å². The molecule has 1 aliphatic heterocycles. The third-order valence-corrected chi connectivity index (χ3v) is 3.90. The molecule has 2 atom stereocenters. The van der Waals surface area contributed by atoms with Crippen LogP contribution in [0.15, 0.2) is 0 Å². The van der Waals surface area contributed by atoms with Gasteiger partial charge in [0.1, 0.15) is 6.29 Å². The number of hydrogen-bond donors (Lipinski definition) is 1. The molecule has 0 saturated carbocycles. The van der Waals surface area contributed by atoms with E-state index < -0.39 is 11.2 Å². The van der Waals surface area contributed by atoms with Crippen molar-refractivity contribution in [1.82, 2.24) is 0 Å². The number of hydrogen-bond acceptors (Lipinski definition) is 4. The summed E-state index contributed by atoms with van der Waals surface area (Å²) in [4.78, 5) is 10.5. The van der Waals surface area contributed by atoms with Gasteiger partial charge in [0.25, 0.3) is 0 Å². The van der Waals surface area contributed by atoms with E-state index in [1.54, 1.807) is 0 Å². The molecule has 1 saturated heterocycles. The minimum Gasteiger partial charge on any atom is -0.390 e. The molecule has 1 aliphatic rings. The molecule has 1 rings (SSSR count). The molecule has 0 amide bonds. The second-order valence-corrected chi connectivity index (χ2v) is 5.50. The Labute approximate surface area is 110 Å². The summed E-state index contributed by atoms with van der Waals surface area (Å²) in [6.45, 7) is 6.39. The molecule has 0 aliphatic carbocycles. The van der Waals surface area contributed by atoms with Gasteiger partial charge < -0.3 is 19.4 Å². The van der Waals surface area contributed by atoms with Gasteiger partial charge in [-0.25, -0.2) is 0 Å². The van der Waals surface area contributed by atoms with E-state index in [1.165, 1.54) is 0 Å². The molecule has 18 heavy (non-hydrogen) atoms. The predicted molar refractivity (Wildman–Crippen MR) is 69.3 cm³/mol. The van der Waals surface area contributed by atoms with Crippen molar-refractivity contribution in [2.75, 3.05) is 6.61 Å². The third-order valence-electron chi connectivity index (χ3n) is 3.90. The molecule has 4 nitrogen and oxygen atoms in total. The van der Waals surface area contributed by atoms with Crippen LogP contribution in [0.4, 0.5) is 0 Å². The maximum atomic E-state index is 10.5. The summed E-state index contributed by atoms with van der Waals surface area (Å²) in [5, 5.41) is 10.2. The fourth-order valence-electron chi connectivity index (χ4n) is 2.28. The smallest absolute Gasteiger partial charge is 0.158 e. The molecule has 2 unspecified atom stereocenters. The van der Waals surface area contributed by atoms with E-state index >= 15 is 0 Å². The van der Waals surface area contributed by atoms with Crippen LogP contribution in [0.25, 0.3) is 0 Å². The van der Waals surface area contributed by atoms with E-state index in [-0.39, 0.29) is 6.29 Å². The molecule has 0 radical (unpaired) electrons. The molecular formula is C14H26O4. The normalized spacial score (nSPS) is 28.6. The van der Waals surface area contributed by atoms with Crippen molar-refractivity contribution in [2.24, 2.45) is 0 Å². The zero-order chi connectivity index (χ0) is 13.6. The Morgan fingerprint density at radius 1 is 1.44 bits per heavy atom. The second-order valence-electron chi connectivity index (χ2n) is 5.50. The summed E-state index contributed by atoms with van der Waals surface area (Å²) >= 11 is 0. The van der Waals surface area contributed by atoms with Gasteiger partial charge in [0, 0.05) is 6.42 Å². The summed E-state index contributed by atoms with van der Waals surface area (Å²) in [6, 6.07) is 0. The molecule has 0 bridgehead atoms. The van der Waals surface area contributed by atoms with Crippen molar-refractivity contribution >= 4 is 6.29 Å². The molecule has 0 aromatic rings. The first-order chi connectivity index (χ1) is 8.47. The van der Waals surface area contributed by atoms with E-state index in [1.807, 2.05) is 20.8 Å². The van der Waals surface area contributed by atoms with Gasteiger partial charge in [-0.3, -0.25) is 0 Å². The number of carbonyl (C=O) groups is 1. The van der Waals surface area contributed by atoms with Crippen LogP contribution in [0.1, 0.15) is 59.3 Å². The fourth-order valence-corrected chi connectivity index (χ4v) is 2.28. The molecule has 4 heteroatoms. The third kappa shape index (κ3) is 4.34. The van der Waals surface area contributed by atoms with Gasteiger partial charge in [0.05, 0.1) is 17.8 Å². The summed E-state index contributed by atoms with van der Waals surface area (Å²) in [7, 11) is 0. The zero-order valence-electron chi connectivity index (χ0n) is 11.8. The van der Waals surface area contributed by atoms with E-state index in [9.17, 15) is 9.90 Å². The van der Waals surface area contributed by atoms with E-state index in [0.717, 1.165) is 38.4 Å². The molecule has 0 aromatic heterocycles. The van der Waals surface area contributed by atoms with Gasteiger partial charge >= 0.3 is 0 Å². The Morgan fingerprint density at radius 3 is 2.67 bits per heavy atom. The van der Waals surface area contributed by atoms with E-state index in [0.29, 0.717) is 13.0 Å². The van der Waals surface area contributed by atoms with Crippen molar-refractivity contribution in [3.63, 3.8) is 0 Å². The fraction of sp³-hybridized carbons (Fsp3) is 0.929. The average Bonchev–Trinajstić information content (AvgIpc) is 2.71. The van der Waals surface area contributed by atoms with Gasteiger partial charge in [0.2, 0.25) is 0 Å². The highest BCUT2D eigenvalue weighted by molar-refractivity contribution is 5.51. The van der Waals surface area contributed by atoms with Crippen LogP contribution in [0, 0.1) is 0 Å². The number of carbonyl (C=O) groups excluding carboxylic acids is 1. The van der Waals surface area contributed by atoms with Gasteiger partial charge in [0.15, 0.2) is 6.29 Å². The first kappa shape index (κ1) is 15.6. The zero-order valence-corrected chi connectivity index (χ0v) is 11.8. The Bertz CT molecular complexity index is 263. The first-order valence-electron chi connectivity index (χ1n) is 6.92. The van der Waals surface area contributed by atoms with Gasteiger partial charge in [-0.05, 0) is 39.0 Å². The highest BCUT2D eigenvalue weighted by atomic mass is 16.7. The molecular weight excluding hydrogens is 232 g/mol. The van der Waals surface area contributed by atoms with E-state index in [2.05, 4.69) is 0 Å². The van der Waals surface area contributed by atoms with Crippen LogP contribution in [-0.4, -0.2) is 35.5 Å². The van der Waals surface area contributed by atoms with Crippen molar-refractivity contribution in [1.29, 1.82) is 0 Å². The first-order valence-corrected chi connectivity index (χ1v) is 6.92. The van der Waals surface area contributed by atoms with Crippen molar-refractivity contribution < 1.29 is 19.4 Å². The minimum absolute atomic E-state index is 0.229. The van der Waals surface area contributed by atoms with Gasteiger partial charge in [-0.1, -0.05) is 13.8 Å². The molecule has 0 spiro atoms. The highest BCUT2D eigenvalue weighted by Crippen LogP contribution is 2.29. The largest absolute Gasteiger partial charge is 0.390 e. The Hall–Kier alpha value is -0.450. The van der Waals surface area contributed by atoms with Crippen molar-refractivity contribution in [2.45, 2.75) is 76.8 Å². The summed E-state index contributed by atoms with van der Waals surface area (Å²) < 4.78 is 11.3. The lowest BCUT2D eigenvalue weighted by Crippen LogP contribution is -2.29. The minimum atomic E-state index is -0.551. The van der Waals surface area contributed by atoms with Crippen molar-refractivity contribution in [3.8, 4) is 0 Å². The van der Waals surface area contributed by atoms with E-state index in [4.69, 9.17) is 9.47 Å². The maximum Gasteiger partial charge on any atom is 0.158 e. The number of ether oxygens (including phenoxy) is 2. The number of aliphatic hydroxyl groups is 1. The maximum absolute atomic E-state index is 10.5. The predicted octanol–water partition coefficient (Wildman–Crippen LogP) is 2.43. The lowest BCUT2D eigenvalue weighted by molar-refractivity contribution is -0.117. The van der Waals surface area contributed by atoms with Crippen LogP contribution in [0.3, 0.4) is 0 Å². The summed E-state index contributed by atoms with van der Waals surface area (Å²) in [5.74, 6) is 0. The van der Waals surface area contributed by atoms with Gasteiger partial charge in [-0.15, -0.1) is 0 Å². The molecule has 1 N–H and O–H groups in total. The van der Waals surface area contributed by atoms with Gasteiger partial charge in [-0.2, -0.15) is 0 Å². The van der Waals surface area contributed by atoms with Crippen LogP contribution < -0.4 is 0 Å². The monoisotopic (exact) mass is 258 g/mol. The molecule has 1 fully saturated rings. The summed E-state index contributed by atoms with van der Waals surface area (Å²) in [6.07, 6.45) is 4.99. The Balaban J connectivity index is 2.28. The molecule has 106 valence electrons. The van der Waals surface area contributed by atoms with Crippen LogP contribution in [0.2, 0.25) is 0 Å². The molecule has 1 heterocycles. The Morgan fingerprint density at radius 2 is 2.11 bits per heavy atom. The van der Waals surface area contributed by atoms with Crippen molar-refractivity contribution in [3.05, 3.63) is 0 Å². The quantitative estimate of drug-likeness (QED) is 0.679. The molecule has 0 aromatic carbocycles. The second kappa shape index (κ2) is 6.64. The number of rotatable bonds is 8. The topological polar surface area (TPSA) is 55.8 Å². The highest BCUT2D eigenvalue weighted by Gasteiger charge is 2.36. The summed E-state index contributed by atoms with van der Waals surface area (Å²) in [5.41, 5.74) is -1.01. The number of aldehydes is 1. The SMILES string of the molecule is CCC(O)(CC)CCCC1OCC(C)(CC=O)O1. The lowest BCUT2D eigenvalue weighted by atomic mass is 9.91. The Kier molecular flexibility index (Phi) is 5.76. The van der Waals surface area contributed by atoms with Crippen LogP contribution >= 0.6 is 0 Å².